The van der Waals surface area contributed by atoms with Gasteiger partial charge < -0.3 is 19.9 Å². The molecule has 0 bridgehead atoms. The van der Waals surface area contributed by atoms with Crippen molar-refractivity contribution in [1.29, 1.82) is 0 Å². The van der Waals surface area contributed by atoms with Gasteiger partial charge in [0.2, 0.25) is 5.91 Å². The average molecular weight is 352 g/mol. The van der Waals surface area contributed by atoms with Gasteiger partial charge in [-0.25, -0.2) is 0 Å². The Hall–Kier alpha value is -1.30. The van der Waals surface area contributed by atoms with Gasteiger partial charge in [-0.15, -0.1) is 0 Å². The minimum atomic E-state index is -0.345. The Bertz CT molecular complexity index is 544. The number of piperidine rings is 1. The fourth-order valence-electron chi connectivity index (χ4n) is 3.76. The van der Waals surface area contributed by atoms with E-state index in [9.17, 15) is 4.79 Å². The number of ether oxygens (including phenoxy) is 1. The number of amides is 1. The maximum atomic E-state index is 13.1. The second-order valence-corrected chi connectivity index (χ2v) is 7.16. The van der Waals surface area contributed by atoms with Crippen molar-refractivity contribution in [2.45, 2.75) is 12.8 Å². The number of nitrogens with one attached hydrogen (secondary N) is 1. The van der Waals surface area contributed by atoms with Gasteiger partial charge >= 0.3 is 0 Å². The maximum absolute atomic E-state index is 13.1. The number of benzene rings is 1. The first-order chi connectivity index (χ1) is 11.6. The third kappa shape index (κ3) is 3.68. The van der Waals surface area contributed by atoms with Crippen molar-refractivity contribution in [3.8, 4) is 0 Å². The van der Waals surface area contributed by atoms with E-state index in [4.69, 9.17) is 16.3 Å². The van der Waals surface area contributed by atoms with Crippen LogP contribution in [0.15, 0.2) is 24.3 Å². The van der Waals surface area contributed by atoms with Crippen LogP contribution in [0.3, 0.4) is 0 Å². The Morgan fingerprint density at radius 3 is 2.38 bits per heavy atom. The normalized spacial score (nSPS) is 20.9. The van der Waals surface area contributed by atoms with Crippen LogP contribution in [0, 0.1) is 5.41 Å². The first-order valence-corrected chi connectivity index (χ1v) is 9.02. The third-order valence-electron chi connectivity index (χ3n) is 5.19. The number of carbonyl (C=O) groups excluding carboxylic acids is 1. The van der Waals surface area contributed by atoms with Gasteiger partial charge in [-0.1, -0.05) is 11.6 Å². The lowest BCUT2D eigenvalue weighted by Gasteiger charge is -2.43. The molecule has 24 heavy (non-hydrogen) atoms. The molecule has 0 unspecified atom stereocenters. The van der Waals surface area contributed by atoms with E-state index < -0.39 is 0 Å². The van der Waals surface area contributed by atoms with Gasteiger partial charge in [0.15, 0.2) is 0 Å². The molecule has 3 rings (SSSR count). The minimum absolute atomic E-state index is 0.265. The summed E-state index contributed by atoms with van der Waals surface area (Å²) in [6.45, 7) is 5.54. The standard InChI is InChI=1S/C18H26ClN3O2/c1-24-14-18(6-8-20-9-7-18)17(23)22-12-10-21(11-13-22)16-4-2-15(19)3-5-16/h2-5,20H,6-14H2,1H3. The van der Waals surface area contributed by atoms with Crippen molar-refractivity contribution in [1.82, 2.24) is 10.2 Å². The number of anilines is 1. The molecule has 1 amide bonds. The number of halogens is 1. The molecule has 2 aliphatic heterocycles. The molecule has 0 saturated carbocycles. The number of nitrogens with zero attached hydrogens (tertiary/aromatic N) is 2. The number of hydrogen-bond acceptors (Lipinski definition) is 4. The van der Waals surface area contributed by atoms with Crippen LogP contribution in [0.2, 0.25) is 5.02 Å². The summed E-state index contributed by atoms with van der Waals surface area (Å²) in [6, 6.07) is 7.91. The fraction of sp³-hybridized carbons (Fsp3) is 0.611. The van der Waals surface area contributed by atoms with E-state index in [-0.39, 0.29) is 11.3 Å². The molecule has 5 nitrogen and oxygen atoms in total. The molecule has 2 aliphatic rings. The van der Waals surface area contributed by atoms with Crippen molar-refractivity contribution in [2.75, 3.05) is 57.9 Å². The van der Waals surface area contributed by atoms with E-state index in [1.165, 1.54) is 5.69 Å². The van der Waals surface area contributed by atoms with Crippen LogP contribution >= 0.6 is 11.6 Å². The van der Waals surface area contributed by atoms with E-state index in [0.717, 1.165) is 57.1 Å². The van der Waals surface area contributed by atoms with E-state index in [2.05, 4.69) is 10.2 Å². The zero-order valence-corrected chi connectivity index (χ0v) is 15.0. The van der Waals surface area contributed by atoms with Crippen LogP contribution in [0.5, 0.6) is 0 Å². The molecule has 0 atom stereocenters. The topological polar surface area (TPSA) is 44.8 Å². The Labute approximate surface area is 148 Å². The van der Waals surface area contributed by atoms with Crippen molar-refractivity contribution >= 4 is 23.2 Å². The highest BCUT2D eigenvalue weighted by molar-refractivity contribution is 6.30. The molecule has 1 N–H and O–H groups in total. The van der Waals surface area contributed by atoms with Crippen molar-refractivity contribution < 1.29 is 9.53 Å². The highest BCUT2D eigenvalue weighted by Gasteiger charge is 2.42. The smallest absolute Gasteiger partial charge is 0.231 e. The molecular formula is C18H26ClN3O2. The van der Waals surface area contributed by atoms with Crippen LogP contribution in [0.25, 0.3) is 0 Å². The molecule has 0 aromatic heterocycles. The van der Waals surface area contributed by atoms with Crippen LogP contribution in [-0.2, 0) is 9.53 Å². The van der Waals surface area contributed by atoms with Crippen molar-refractivity contribution in [3.63, 3.8) is 0 Å². The summed E-state index contributed by atoms with van der Waals surface area (Å²) in [5.41, 5.74) is 0.822. The lowest BCUT2D eigenvalue weighted by atomic mass is 9.78. The predicted octanol–water partition coefficient (Wildman–Crippen LogP) is 2.00. The molecule has 0 radical (unpaired) electrons. The van der Waals surface area contributed by atoms with Gasteiger partial charge in [-0.3, -0.25) is 4.79 Å². The van der Waals surface area contributed by atoms with E-state index >= 15 is 0 Å². The molecule has 1 aromatic carbocycles. The van der Waals surface area contributed by atoms with Crippen LogP contribution < -0.4 is 10.2 Å². The Balaban J connectivity index is 1.62. The van der Waals surface area contributed by atoms with Gasteiger partial charge in [0.1, 0.15) is 0 Å². The lowest BCUT2D eigenvalue weighted by Crippen LogP contribution is -2.56. The highest BCUT2D eigenvalue weighted by atomic mass is 35.5. The van der Waals surface area contributed by atoms with Crippen LogP contribution in [0.1, 0.15) is 12.8 Å². The van der Waals surface area contributed by atoms with Gasteiger partial charge in [0.25, 0.3) is 0 Å². The summed E-state index contributed by atoms with van der Waals surface area (Å²) in [6.07, 6.45) is 1.72. The summed E-state index contributed by atoms with van der Waals surface area (Å²) >= 11 is 5.96. The molecule has 6 heteroatoms. The monoisotopic (exact) mass is 351 g/mol. The first kappa shape index (κ1) is 17.5. The van der Waals surface area contributed by atoms with Crippen molar-refractivity contribution in [2.24, 2.45) is 5.41 Å². The maximum Gasteiger partial charge on any atom is 0.231 e. The van der Waals surface area contributed by atoms with E-state index in [1.807, 2.05) is 29.2 Å². The molecule has 2 saturated heterocycles. The number of carbonyl (C=O) groups is 1. The summed E-state index contributed by atoms with van der Waals surface area (Å²) < 4.78 is 5.40. The number of piperazine rings is 1. The van der Waals surface area contributed by atoms with Crippen LogP contribution in [0.4, 0.5) is 5.69 Å². The summed E-state index contributed by atoms with van der Waals surface area (Å²) in [7, 11) is 1.69. The molecule has 2 fully saturated rings. The number of methoxy groups -OCH3 is 1. The van der Waals surface area contributed by atoms with Crippen molar-refractivity contribution in [3.05, 3.63) is 29.3 Å². The fourth-order valence-corrected chi connectivity index (χ4v) is 3.88. The quantitative estimate of drug-likeness (QED) is 0.901. The Kier molecular flexibility index (Phi) is 5.64. The summed E-state index contributed by atoms with van der Waals surface area (Å²) in [5.74, 6) is 0.265. The lowest BCUT2D eigenvalue weighted by molar-refractivity contribution is -0.147. The number of hydrogen-bond donors (Lipinski definition) is 1. The zero-order valence-electron chi connectivity index (χ0n) is 14.3. The average Bonchev–Trinajstić information content (AvgIpc) is 2.63. The van der Waals surface area contributed by atoms with Gasteiger partial charge in [-0.05, 0) is 50.2 Å². The van der Waals surface area contributed by atoms with Gasteiger partial charge in [0, 0.05) is 44.0 Å². The second-order valence-electron chi connectivity index (χ2n) is 6.72. The molecular weight excluding hydrogens is 326 g/mol. The molecule has 0 spiro atoms. The molecule has 1 aromatic rings. The minimum Gasteiger partial charge on any atom is -0.384 e. The second kappa shape index (κ2) is 7.72. The first-order valence-electron chi connectivity index (χ1n) is 8.64. The number of rotatable bonds is 4. The molecule has 0 aliphatic carbocycles. The Morgan fingerprint density at radius 2 is 1.79 bits per heavy atom. The van der Waals surface area contributed by atoms with Gasteiger partial charge in [0.05, 0.1) is 12.0 Å². The molecule has 132 valence electrons. The third-order valence-corrected chi connectivity index (χ3v) is 5.45. The zero-order chi connectivity index (χ0) is 17.0. The van der Waals surface area contributed by atoms with Crippen LogP contribution in [-0.4, -0.2) is 63.8 Å². The van der Waals surface area contributed by atoms with Gasteiger partial charge in [-0.2, -0.15) is 0 Å². The molecule has 2 heterocycles. The summed E-state index contributed by atoms with van der Waals surface area (Å²) in [5, 5.41) is 4.09. The van der Waals surface area contributed by atoms with E-state index in [0.29, 0.717) is 6.61 Å². The summed E-state index contributed by atoms with van der Waals surface area (Å²) in [4.78, 5) is 17.5. The SMILES string of the molecule is COCC1(C(=O)N2CCN(c3ccc(Cl)cc3)CC2)CCNCC1. The highest BCUT2D eigenvalue weighted by Crippen LogP contribution is 2.32. The van der Waals surface area contributed by atoms with E-state index in [1.54, 1.807) is 7.11 Å². The predicted molar refractivity (Wildman–Crippen MR) is 96.7 cm³/mol. The largest absolute Gasteiger partial charge is 0.384 e. The Morgan fingerprint density at radius 1 is 1.17 bits per heavy atom.